The number of aryl methyl sites for hydroxylation is 1. The molecule has 1 heterocycles. The van der Waals surface area contributed by atoms with Crippen LogP contribution in [0.1, 0.15) is 24.8 Å². The van der Waals surface area contributed by atoms with Gasteiger partial charge in [-0.3, -0.25) is 9.69 Å². The maximum Gasteiger partial charge on any atom is 0.320 e. The first-order valence-corrected chi connectivity index (χ1v) is 6.81. The van der Waals surface area contributed by atoms with Crippen LogP contribution >= 0.6 is 0 Å². The van der Waals surface area contributed by atoms with Gasteiger partial charge in [-0.15, -0.1) is 0 Å². The summed E-state index contributed by atoms with van der Waals surface area (Å²) < 4.78 is 5.32. The van der Waals surface area contributed by atoms with Crippen LogP contribution in [0, 0.1) is 0 Å². The van der Waals surface area contributed by atoms with Crippen molar-refractivity contribution in [3.05, 3.63) is 29.8 Å². The Morgan fingerprint density at radius 2 is 2.26 bits per heavy atom. The average Bonchev–Trinajstić information content (AvgIpc) is 2.88. The molecule has 19 heavy (non-hydrogen) atoms. The van der Waals surface area contributed by atoms with E-state index in [1.54, 1.807) is 7.11 Å². The van der Waals surface area contributed by atoms with Crippen molar-refractivity contribution in [1.82, 2.24) is 4.90 Å². The number of carbonyl (C=O) groups is 1. The van der Waals surface area contributed by atoms with Gasteiger partial charge in [0.15, 0.2) is 0 Å². The van der Waals surface area contributed by atoms with Crippen molar-refractivity contribution in [2.24, 2.45) is 0 Å². The molecule has 2 rings (SSSR count). The molecule has 0 saturated carbocycles. The second-order valence-electron chi connectivity index (χ2n) is 4.95. The highest BCUT2D eigenvalue weighted by molar-refractivity contribution is 5.73. The number of hydrogen-bond donors (Lipinski definition) is 1. The molecule has 1 aromatic carbocycles. The van der Waals surface area contributed by atoms with E-state index in [0.717, 1.165) is 44.5 Å². The summed E-state index contributed by atoms with van der Waals surface area (Å²) >= 11 is 0. The summed E-state index contributed by atoms with van der Waals surface area (Å²) in [5.74, 6) is 0.230. The van der Waals surface area contributed by atoms with Crippen LogP contribution in [0.25, 0.3) is 0 Å². The first-order valence-electron chi connectivity index (χ1n) is 6.81. The van der Waals surface area contributed by atoms with Gasteiger partial charge in [-0.25, -0.2) is 0 Å². The third-order valence-electron chi connectivity index (χ3n) is 3.73. The molecule has 4 nitrogen and oxygen atoms in total. The fourth-order valence-corrected chi connectivity index (χ4v) is 2.76. The largest absolute Gasteiger partial charge is 0.496 e. The van der Waals surface area contributed by atoms with Crippen LogP contribution < -0.4 is 4.74 Å². The second-order valence-corrected chi connectivity index (χ2v) is 4.95. The summed E-state index contributed by atoms with van der Waals surface area (Å²) in [7, 11) is 1.68. The Morgan fingerprint density at radius 1 is 1.47 bits per heavy atom. The van der Waals surface area contributed by atoms with Crippen LogP contribution in [0.15, 0.2) is 24.3 Å². The zero-order chi connectivity index (χ0) is 13.7. The van der Waals surface area contributed by atoms with Gasteiger partial charge in [-0.05, 0) is 50.4 Å². The van der Waals surface area contributed by atoms with Gasteiger partial charge < -0.3 is 9.84 Å². The van der Waals surface area contributed by atoms with Crippen molar-refractivity contribution in [2.75, 3.05) is 20.2 Å². The van der Waals surface area contributed by atoms with E-state index in [4.69, 9.17) is 9.84 Å². The normalized spacial score (nSPS) is 19.5. The van der Waals surface area contributed by atoms with E-state index < -0.39 is 5.97 Å². The fraction of sp³-hybridized carbons (Fsp3) is 0.533. The van der Waals surface area contributed by atoms with E-state index >= 15 is 0 Å². The van der Waals surface area contributed by atoms with E-state index in [-0.39, 0.29) is 6.04 Å². The second kappa shape index (κ2) is 6.57. The maximum absolute atomic E-state index is 11.1. The zero-order valence-electron chi connectivity index (χ0n) is 11.3. The Morgan fingerprint density at radius 3 is 3.00 bits per heavy atom. The Balaban J connectivity index is 1.85. The van der Waals surface area contributed by atoms with Crippen LogP contribution in [0.3, 0.4) is 0 Å². The molecule has 1 atom stereocenters. The van der Waals surface area contributed by atoms with Gasteiger partial charge in [0.1, 0.15) is 11.8 Å². The smallest absolute Gasteiger partial charge is 0.320 e. The molecular formula is C15H21NO3. The van der Waals surface area contributed by atoms with Crippen molar-refractivity contribution in [2.45, 2.75) is 31.7 Å². The summed E-state index contributed by atoms with van der Waals surface area (Å²) in [6.45, 7) is 1.75. The number of hydrogen-bond acceptors (Lipinski definition) is 3. The lowest BCUT2D eigenvalue weighted by atomic mass is 10.1. The number of methoxy groups -OCH3 is 1. The first-order chi connectivity index (χ1) is 9.22. The number of para-hydroxylation sites is 1. The number of aliphatic carboxylic acids is 1. The molecule has 0 bridgehead atoms. The highest BCUT2D eigenvalue weighted by Gasteiger charge is 2.29. The highest BCUT2D eigenvalue weighted by Crippen LogP contribution is 2.21. The quantitative estimate of drug-likeness (QED) is 0.854. The molecule has 0 aliphatic carbocycles. The molecule has 1 aromatic rings. The number of carboxylic acid groups (broad SMARTS) is 1. The number of nitrogens with zero attached hydrogens (tertiary/aromatic N) is 1. The molecule has 4 heteroatoms. The highest BCUT2D eigenvalue weighted by atomic mass is 16.5. The van der Waals surface area contributed by atoms with Gasteiger partial charge in [0.2, 0.25) is 0 Å². The van der Waals surface area contributed by atoms with Crippen LogP contribution in [-0.2, 0) is 11.2 Å². The first kappa shape index (κ1) is 13.9. The fourth-order valence-electron chi connectivity index (χ4n) is 2.76. The van der Waals surface area contributed by atoms with Crippen molar-refractivity contribution in [3.63, 3.8) is 0 Å². The number of ether oxygens (including phenoxy) is 1. The monoisotopic (exact) mass is 263 g/mol. The number of rotatable bonds is 6. The number of likely N-dealkylation sites (tertiary alicyclic amines) is 1. The summed E-state index contributed by atoms with van der Waals surface area (Å²) in [4.78, 5) is 13.2. The predicted octanol–water partition coefficient (Wildman–Crippen LogP) is 2.18. The molecule has 1 fully saturated rings. The standard InChI is InChI=1S/C15H21NO3/c1-19-14-9-3-2-6-12(14)7-4-10-16-11-5-8-13(16)15(17)18/h2-3,6,9,13H,4-5,7-8,10-11H2,1H3,(H,17,18)/t13-/m0/s1. The van der Waals surface area contributed by atoms with E-state index in [1.807, 2.05) is 18.2 Å². The van der Waals surface area contributed by atoms with Crippen LogP contribution in [0.4, 0.5) is 0 Å². The molecule has 0 unspecified atom stereocenters. The Bertz CT molecular complexity index is 433. The van der Waals surface area contributed by atoms with E-state index in [1.165, 1.54) is 5.56 Å². The SMILES string of the molecule is COc1ccccc1CCCN1CCC[C@H]1C(=O)O. The van der Waals surface area contributed by atoms with Crippen LogP contribution in [0.2, 0.25) is 0 Å². The topological polar surface area (TPSA) is 49.8 Å². The van der Waals surface area contributed by atoms with Gasteiger partial charge >= 0.3 is 5.97 Å². The van der Waals surface area contributed by atoms with Crippen LogP contribution in [-0.4, -0.2) is 42.2 Å². The summed E-state index contributed by atoms with van der Waals surface area (Å²) in [5, 5.41) is 9.12. The molecule has 0 amide bonds. The molecule has 1 aliphatic heterocycles. The van der Waals surface area contributed by atoms with E-state index in [0.29, 0.717) is 0 Å². The third kappa shape index (κ3) is 3.47. The Labute approximate surface area is 114 Å². The third-order valence-corrected chi connectivity index (χ3v) is 3.73. The minimum absolute atomic E-state index is 0.280. The molecule has 104 valence electrons. The van der Waals surface area contributed by atoms with Gasteiger partial charge in [-0.2, -0.15) is 0 Å². The number of carboxylic acids is 1. The van der Waals surface area contributed by atoms with Crippen molar-refractivity contribution in [3.8, 4) is 5.75 Å². The van der Waals surface area contributed by atoms with E-state index in [2.05, 4.69) is 11.0 Å². The maximum atomic E-state index is 11.1. The van der Waals surface area contributed by atoms with Gasteiger partial charge in [0, 0.05) is 0 Å². The lowest BCUT2D eigenvalue weighted by molar-refractivity contribution is -0.142. The van der Waals surface area contributed by atoms with Crippen LogP contribution in [0.5, 0.6) is 5.75 Å². The van der Waals surface area contributed by atoms with Gasteiger partial charge in [-0.1, -0.05) is 18.2 Å². The Kier molecular flexibility index (Phi) is 4.80. The van der Waals surface area contributed by atoms with Crippen molar-refractivity contribution < 1.29 is 14.6 Å². The average molecular weight is 263 g/mol. The van der Waals surface area contributed by atoms with Gasteiger partial charge in [0.05, 0.1) is 7.11 Å². The molecule has 1 saturated heterocycles. The minimum Gasteiger partial charge on any atom is -0.496 e. The van der Waals surface area contributed by atoms with Crippen molar-refractivity contribution in [1.29, 1.82) is 0 Å². The lowest BCUT2D eigenvalue weighted by Crippen LogP contribution is -2.36. The minimum atomic E-state index is -0.685. The lowest BCUT2D eigenvalue weighted by Gasteiger charge is -2.20. The zero-order valence-corrected chi connectivity index (χ0v) is 11.3. The summed E-state index contributed by atoms with van der Waals surface area (Å²) in [5.41, 5.74) is 1.19. The van der Waals surface area contributed by atoms with Crippen molar-refractivity contribution >= 4 is 5.97 Å². The molecule has 0 radical (unpaired) electrons. The molecule has 0 spiro atoms. The van der Waals surface area contributed by atoms with E-state index in [9.17, 15) is 4.79 Å². The molecule has 1 N–H and O–H groups in total. The number of benzene rings is 1. The Hall–Kier alpha value is -1.55. The molecule has 1 aliphatic rings. The molecule has 0 aromatic heterocycles. The summed E-state index contributed by atoms with van der Waals surface area (Å²) in [6, 6.07) is 7.72. The predicted molar refractivity (Wildman–Crippen MR) is 73.5 cm³/mol. The molecular weight excluding hydrogens is 242 g/mol. The van der Waals surface area contributed by atoms with Gasteiger partial charge in [0.25, 0.3) is 0 Å². The summed E-state index contributed by atoms with van der Waals surface area (Å²) in [6.07, 6.45) is 3.66.